The molecule has 1 fully saturated rings. The Bertz CT molecular complexity index is 834. The third-order valence-corrected chi connectivity index (χ3v) is 5.19. The summed E-state index contributed by atoms with van der Waals surface area (Å²) in [5.41, 5.74) is -0.326. The molecule has 1 saturated carbocycles. The lowest BCUT2D eigenvalue weighted by molar-refractivity contribution is -0.144. The number of phenols is 1. The number of aliphatic hydroxyl groups excluding tert-OH is 1. The molecule has 1 aliphatic rings. The summed E-state index contributed by atoms with van der Waals surface area (Å²) in [5, 5.41) is 25.3. The number of nitrogens with zero attached hydrogens (tertiary/aromatic N) is 1. The van der Waals surface area contributed by atoms with Crippen molar-refractivity contribution in [3.05, 3.63) is 29.8 Å². The van der Waals surface area contributed by atoms with E-state index >= 15 is 0 Å². The van der Waals surface area contributed by atoms with Gasteiger partial charge >= 0.3 is 6.09 Å². The van der Waals surface area contributed by atoms with Crippen LogP contribution in [-0.2, 0) is 14.3 Å². The summed E-state index contributed by atoms with van der Waals surface area (Å²) < 4.78 is 5.22. The highest BCUT2D eigenvalue weighted by Crippen LogP contribution is 2.36. The standard InChI is InChI=1S/C24H37N3O6/c1-6-8-15(2)25-21(30)20(16-9-7-10-18(29)13-16)27(17-11-12-17)22(31)19(14-28)26-23(32)33-24(3,4)5/h7,9-10,13,15,17,19-20,28-29H,6,8,11-12,14H2,1-5H3,(H,25,30)(H,26,32). The molecular weight excluding hydrogens is 426 g/mol. The zero-order valence-corrected chi connectivity index (χ0v) is 20.1. The lowest BCUT2D eigenvalue weighted by atomic mass is 10.0. The van der Waals surface area contributed by atoms with E-state index in [4.69, 9.17) is 4.74 Å². The molecule has 9 nitrogen and oxygen atoms in total. The molecule has 1 aliphatic carbocycles. The number of amides is 3. The molecule has 3 atom stereocenters. The second kappa shape index (κ2) is 11.4. The van der Waals surface area contributed by atoms with Crippen molar-refractivity contribution in [1.82, 2.24) is 15.5 Å². The fraction of sp³-hybridized carbons (Fsp3) is 0.625. The Labute approximate surface area is 195 Å². The van der Waals surface area contributed by atoms with E-state index in [1.807, 2.05) is 13.8 Å². The van der Waals surface area contributed by atoms with Gasteiger partial charge in [0.1, 0.15) is 23.4 Å². The van der Waals surface area contributed by atoms with Crippen LogP contribution in [0.2, 0.25) is 0 Å². The van der Waals surface area contributed by atoms with Gasteiger partial charge in [0.2, 0.25) is 11.8 Å². The van der Waals surface area contributed by atoms with Crippen molar-refractivity contribution in [3.8, 4) is 5.75 Å². The van der Waals surface area contributed by atoms with Gasteiger partial charge in [0, 0.05) is 12.1 Å². The fourth-order valence-electron chi connectivity index (χ4n) is 3.65. The minimum atomic E-state index is -1.28. The van der Waals surface area contributed by atoms with E-state index in [0.29, 0.717) is 18.4 Å². The van der Waals surface area contributed by atoms with Crippen LogP contribution in [0.25, 0.3) is 0 Å². The summed E-state index contributed by atoms with van der Waals surface area (Å²) in [5.74, 6) is -0.992. The summed E-state index contributed by atoms with van der Waals surface area (Å²) >= 11 is 0. The molecule has 0 bridgehead atoms. The number of carbonyl (C=O) groups is 3. The van der Waals surface area contributed by atoms with Crippen LogP contribution in [0.3, 0.4) is 0 Å². The molecule has 9 heteroatoms. The van der Waals surface area contributed by atoms with E-state index in [9.17, 15) is 24.6 Å². The molecule has 3 unspecified atom stereocenters. The van der Waals surface area contributed by atoms with Gasteiger partial charge in [-0.05, 0) is 64.7 Å². The summed E-state index contributed by atoms with van der Waals surface area (Å²) in [6, 6.07) is 3.60. The van der Waals surface area contributed by atoms with Gasteiger partial charge in [0.25, 0.3) is 0 Å². The van der Waals surface area contributed by atoms with Crippen LogP contribution < -0.4 is 10.6 Å². The van der Waals surface area contributed by atoms with Crippen LogP contribution in [0.15, 0.2) is 24.3 Å². The van der Waals surface area contributed by atoms with Crippen LogP contribution in [-0.4, -0.2) is 63.4 Å². The van der Waals surface area contributed by atoms with Gasteiger partial charge in [-0.3, -0.25) is 9.59 Å². The highest BCUT2D eigenvalue weighted by Gasteiger charge is 2.44. The van der Waals surface area contributed by atoms with E-state index < -0.39 is 36.3 Å². The molecule has 0 saturated heterocycles. The molecule has 0 spiro atoms. The van der Waals surface area contributed by atoms with E-state index in [2.05, 4.69) is 10.6 Å². The zero-order valence-electron chi connectivity index (χ0n) is 20.1. The van der Waals surface area contributed by atoms with Crippen molar-refractivity contribution in [3.63, 3.8) is 0 Å². The van der Waals surface area contributed by atoms with Crippen molar-refractivity contribution in [2.75, 3.05) is 6.61 Å². The average molecular weight is 464 g/mol. The second-order valence-corrected chi connectivity index (χ2v) is 9.55. The lowest BCUT2D eigenvalue weighted by Crippen LogP contribution is -2.55. The van der Waals surface area contributed by atoms with Gasteiger partial charge in [-0.25, -0.2) is 4.79 Å². The van der Waals surface area contributed by atoms with Crippen LogP contribution in [0.1, 0.15) is 71.9 Å². The molecule has 0 aliphatic heterocycles. The van der Waals surface area contributed by atoms with Gasteiger partial charge in [0.15, 0.2) is 0 Å². The number of ether oxygens (including phenoxy) is 1. The Morgan fingerprint density at radius 1 is 1.21 bits per heavy atom. The molecule has 0 aromatic heterocycles. The van der Waals surface area contributed by atoms with Gasteiger partial charge in [-0.15, -0.1) is 0 Å². The largest absolute Gasteiger partial charge is 0.508 e. The topological polar surface area (TPSA) is 128 Å². The second-order valence-electron chi connectivity index (χ2n) is 9.55. The predicted octanol–water partition coefficient (Wildman–Crippen LogP) is 2.61. The molecule has 0 heterocycles. The van der Waals surface area contributed by atoms with Crippen molar-refractivity contribution in [2.45, 2.75) is 90.1 Å². The molecule has 2 rings (SSSR count). The number of hydrogen-bond acceptors (Lipinski definition) is 6. The number of hydrogen-bond donors (Lipinski definition) is 4. The number of aromatic hydroxyl groups is 1. The van der Waals surface area contributed by atoms with Crippen LogP contribution >= 0.6 is 0 Å². The maximum Gasteiger partial charge on any atom is 0.408 e. The number of aliphatic hydroxyl groups is 1. The maximum atomic E-state index is 13.5. The Balaban J connectivity index is 2.36. The lowest BCUT2D eigenvalue weighted by Gasteiger charge is -2.34. The Morgan fingerprint density at radius 2 is 1.88 bits per heavy atom. The minimum Gasteiger partial charge on any atom is -0.508 e. The Morgan fingerprint density at radius 3 is 2.39 bits per heavy atom. The third-order valence-electron chi connectivity index (χ3n) is 5.19. The highest BCUT2D eigenvalue weighted by molar-refractivity contribution is 5.92. The first-order valence-corrected chi connectivity index (χ1v) is 11.5. The van der Waals surface area contributed by atoms with Gasteiger partial charge < -0.3 is 30.5 Å². The fourth-order valence-corrected chi connectivity index (χ4v) is 3.65. The third kappa shape index (κ3) is 7.92. The van der Waals surface area contributed by atoms with E-state index in [1.165, 1.54) is 17.0 Å². The number of phenolic OH excluding ortho intramolecular Hbond substituents is 1. The quantitative estimate of drug-likeness (QED) is 0.422. The van der Waals surface area contributed by atoms with Crippen molar-refractivity contribution in [2.24, 2.45) is 0 Å². The van der Waals surface area contributed by atoms with Crippen molar-refractivity contribution in [1.29, 1.82) is 0 Å². The first-order chi connectivity index (χ1) is 15.5. The summed E-state index contributed by atoms with van der Waals surface area (Å²) in [6.45, 7) is 8.34. The minimum absolute atomic E-state index is 0.0271. The molecule has 1 aromatic carbocycles. The van der Waals surface area contributed by atoms with Gasteiger partial charge in [0.05, 0.1) is 6.61 Å². The van der Waals surface area contributed by atoms with Gasteiger partial charge in [-0.2, -0.15) is 0 Å². The Hall–Kier alpha value is -2.81. The van der Waals surface area contributed by atoms with Crippen LogP contribution in [0.4, 0.5) is 4.79 Å². The maximum absolute atomic E-state index is 13.5. The van der Waals surface area contributed by atoms with Crippen molar-refractivity contribution >= 4 is 17.9 Å². The first kappa shape index (κ1) is 26.4. The van der Waals surface area contributed by atoms with E-state index in [0.717, 1.165) is 12.8 Å². The number of carbonyl (C=O) groups excluding carboxylic acids is 3. The summed E-state index contributed by atoms with van der Waals surface area (Å²) in [7, 11) is 0. The molecule has 0 radical (unpaired) electrons. The predicted molar refractivity (Wildman–Crippen MR) is 123 cm³/mol. The van der Waals surface area contributed by atoms with Crippen LogP contribution in [0, 0.1) is 0 Å². The highest BCUT2D eigenvalue weighted by atomic mass is 16.6. The molecule has 4 N–H and O–H groups in total. The van der Waals surface area contributed by atoms with E-state index in [1.54, 1.807) is 32.9 Å². The summed E-state index contributed by atoms with van der Waals surface area (Å²) in [4.78, 5) is 40.6. The Kier molecular flexibility index (Phi) is 9.10. The molecular formula is C24H37N3O6. The zero-order chi connectivity index (χ0) is 24.8. The molecule has 33 heavy (non-hydrogen) atoms. The monoisotopic (exact) mass is 463 g/mol. The first-order valence-electron chi connectivity index (χ1n) is 11.5. The average Bonchev–Trinajstić information content (AvgIpc) is 3.53. The summed E-state index contributed by atoms with van der Waals surface area (Å²) in [6.07, 6.45) is 2.22. The van der Waals surface area contributed by atoms with Crippen molar-refractivity contribution < 1.29 is 29.3 Å². The normalized spacial score (nSPS) is 16.3. The van der Waals surface area contributed by atoms with Crippen LogP contribution in [0.5, 0.6) is 5.75 Å². The molecule has 1 aromatic rings. The number of benzene rings is 1. The smallest absolute Gasteiger partial charge is 0.408 e. The van der Waals surface area contributed by atoms with E-state index in [-0.39, 0.29) is 23.7 Å². The number of rotatable bonds is 10. The number of nitrogens with one attached hydrogen (secondary N) is 2. The molecule has 184 valence electrons. The van der Waals surface area contributed by atoms with Gasteiger partial charge in [-0.1, -0.05) is 25.5 Å². The SMILES string of the molecule is CCCC(C)NC(=O)C(c1cccc(O)c1)N(C(=O)C(CO)NC(=O)OC(C)(C)C)C1CC1. The molecule has 3 amide bonds. The number of alkyl carbamates (subject to hydrolysis) is 1.